The lowest BCUT2D eigenvalue weighted by atomic mass is 10.1. The van der Waals surface area contributed by atoms with Gasteiger partial charge in [0, 0.05) is 30.6 Å². The molecule has 1 heterocycles. The van der Waals surface area contributed by atoms with Crippen LogP contribution in [-0.2, 0) is 14.3 Å². The van der Waals surface area contributed by atoms with Crippen LogP contribution in [0.25, 0.3) is 0 Å². The summed E-state index contributed by atoms with van der Waals surface area (Å²) in [5.41, 5.74) is 6.78. The quantitative estimate of drug-likeness (QED) is 0.485. The minimum atomic E-state index is -0.565. The smallest absolute Gasteiger partial charge is 0.308 e. The molecule has 0 aliphatic heterocycles. The largest absolute Gasteiger partial charge is 0.481 e. The van der Waals surface area contributed by atoms with Gasteiger partial charge in [-0.2, -0.15) is 0 Å². The molecule has 0 bridgehead atoms. The fourth-order valence-corrected chi connectivity index (χ4v) is 2.37. The highest BCUT2D eigenvalue weighted by Crippen LogP contribution is 2.24. The Balaban J connectivity index is 2.87. The second kappa shape index (κ2) is 11.2. The highest BCUT2D eigenvalue weighted by atomic mass is 16.6. The summed E-state index contributed by atoms with van der Waals surface area (Å²) >= 11 is 0. The fourth-order valence-electron chi connectivity index (χ4n) is 2.37. The van der Waals surface area contributed by atoms with Crippen LogP contribution in [0.3, 0.4) is 0 Å². The van der Waals surface area contributed by atoms with E-state index >= 15 is 0 Å². The van der Waals surface area contributed by atoms with E-state index in [1.54, 1.807) is 31.5 Å². The molecule has 0 radical (unpaired) electrons. The molecule has 0 saturated heterocycles. The molecule has 1 aromatic heterocycles. The molecule has 1 rings (SSSR count). The zero-order valence-corrected chi connectivity index (χ0v) is 17.4. The first-order valence-corrected chi connectivity index (χ1v) is 9.29. The summed E-state index contributed by atoms with van der Waals surface area (Å²) in [6, 6.07) is 3.09. The molecule has 0 saturated carbocycles. The molecule has 0 aliphatic carbocycles. The van der Waals surface area contributed by atoms with Gasteiger partial charge in [-0.3, -0.25) is 9.79 Å². The van der Waals surface area contributed by atoms with Gasteiger partial charge in [0.15, 0.2) is 0 Å². The van der Waals surface area contributed by atoms with Gasteiger partial charge in [0.25, 0.3) is 0 Å². The maximum atomic E-state index is 12.3. The van der Waals surface area contributed by atoms with Gasteiger partial charge >= 0.3 is 5.97 Å². The van der Waals surface area contributed by atoms with Crippen molar-refractivity contribution in [3.63, 3.8) is 0 Å². The Morgan fingerprint density at radius 3 is 2.54 bits per heavy atom. The predicted molar refractivity (Wildman–Crippen MR) is 109 cm³/mol. The molecule has 0 spiro atoms. The third kappa shape index (κ3) is 9.85. The van der Waals surface area contributed by atoms with E-state index < -0.39 is 11.6 Å². The van der Waals surface area contributed by atoms with E-state index in [0.29, 0.717) is 30.8 Å². The lowest BCUT2D eigenvalue weighted by molar-refractivity contribution is -0.155. The molecule has 28 heavy (non-hydrogen) atoms. The molecule has 7 heteroatoms. The number of aromatic nitrogens is 1. The van der Waals surface area contributed by atoms with Crippen LogP contribution in [0.5, 0.6) is 5.88 Å². The van der Waals surface area contributed by atoms with Crippen LogP contribution >= 0.6 is 0 Å². The second-order valence-corrected chi connectivity index (χ2v) is 7.54. The minimum Gasteiger partial charge on any atom is -0.481 e. The summed E-state index contributed by atoms with van der Waals surface area (Å²) in [5, 5.41) is 0. The van der Waals surface area contributed by atoms with Crippen molar-refractivity contribution in [3.05, 3.63) is 35.7 Å². The predicted octanol–water partition coefficient (Wildman–Crippen LogP) is 3.54. The normalized spacial score (nSPS) is 13.4. The number of hydrogen-bond donors (Lipinski definition) is 1. The zero-order chi connectivity index (χ0) is 21.2. The highest BCUT2D eigenvalue weighted by Gasteiger charge is 2.21. The Labute approximate surface area is 167 Å². The van der Waals surface area contributed by atoms with Gasteiger partial charge in [-0.15, -0.1) is 0 Å². The number of rotatable bonds is 10. The van der Waals surface area contributed by atoms with Crippen molar-refractivity contribution >= 4 is 18.0 Å². The van der Waals surface area contributed by atoms with Crippen molar-refractivity contribution in [2.75, 3.05) is 7.11 Å². The summed E-state index contributed by atoms with van der Waals surface area (Å²) in [4.78, 5) is 31.9. The standard InChI is InChI=1S/C21H31N3O4/c1-15(25)7-6-8-17(22)11-12-23-18(13-20(26)28-21(2,3)4)16-9-10-19(27-5)24-14-16/h9-12,14,18H,6-8,13,22H2,1-5H3. The van der Waals surface area contributed by atoms with E-state index in [0.717, 1.165) is 5.56 Å². The van der Waals surface area contributed by atoms with Gasteiger partial charge in [0.1, 0.15) is 11.4 Å². The maximum absolute atomic E-state index is 12.3. The molecular weight excluding hydrogens is 358 g/mol. The summed E-state index contributed by atoms with van der Waals surface area (Å²) in [6.45, 7) is 7.03. The molecule has 0 aliphatic rings. The fraction of sp³-hybridized carbons (Fsp3) is 0.524. The Morgan fingerprint density at radius 2 is 2.00 bits per heavy atom. The van der Waals surface area contributed by atoms with Crippen molar-refractivity contribution < 1.29 is 19.1 Å². The molecular formula is C21H31N3O4. The Morgan fingerprint density at radius 1 is 1.29 bits per heavy atom. The lowest BCUT2D eigenvalue weighted by Gasteiger charge is -2.21. The lowest BCUT2D eigenvalue weighted by Crippen LogP contribution is -2.24. The molecule has 0 fully saturated rings. The number of carbonyl (C=O) groups excluding carboxylic acids is 2. The van der Waals surface area contributed by atoms with Crippen molar-refractivity contribution in [2.45, 2.75) is 65.0 Å². The van der Waals surface area contributed by atoms with Crippen LogP contribution < -0.4 is 10.5 Å². The number of ether oxygens (including phenoxy) is 2. The molecule has 1 atom stereocenters. The number of ketones is 1. The summed E-state index contributed by atoms with van der Waals surface area (Å²) in [6.07, 6.45) is 6.82. The molecule has 1 unspecified atom stereocenters. The number of allylic oxidation sites excluding steroid dienone is 2. The summed E-state index contributed by atoms with van der Waals surface area (Å²) in [7, 11) is 1.54. The number of hydrogen-bond acceptors (Lipinski definition) is 7. The second-order valence-electron chi connectivity index (χ2n) is 7.54. The minimum absolute atomic E-state index is 0.0832. The van der Waals surface area contributed by atoms with Crippen molar-refractivity contribution in [3.8, 4) is 5.88 Å². The van der Waals surface area contributed by atoms with Crippen LogP contribution in [0.1, 0.15) is 65.0 Å². The Kier molecular flexibility index (Phi) is 9.35. The number of methoxy groups -OCH3 is 1. The number of carbonyl (C=O) groups is 2. The van der Waals surface area contributed by atoms with E-state index in [4.69, 9.17) is 15.2 Å². The number of nitrogens with zero attached hydrogens (tertiary/aromatic N) is 2. The molecule has 154 valence electrons. The van der Waals surface area contributed by atoms with E-state index in [1.165, 1.54) is 7.11 Å². The van der Waals surface area contributed by atoms with Gasteiger partial charge in [0.05, 0.1) is 19.6 Å². The molecule has 7 nitrogen and oxygen atoms in total. The number of nitrogens with two attached hydrogens (primary N) is 1. The van der Waals surface area contributed by atoms with Crippen molar-refractivity contribution in [1.29, 1.82) is 0 Å². The van der Waals surface area contributed by atoms with Crippen LogP contribution in [0.4, 0.5) is 0 Å². The third-order valence-electron chi connectivity index (χ3n) is 3.68. The summed E-state index contributed by atoms with van der Waals surface area (Å²) < 4.78 is 10.5. The first-order valence-electron chi connectivity index (χ1n) is 9.29. The molecule has 0 aromatic carbocycles. The van der Waals surface area contributed by atoms with Gasteiger partial charge in [-0.1, -0.05) is 0 Å². The Bertz CT molecular complexity index is 703. The van der Waals surface area contributed by atoms with Gasteiger partial charge in [-0.05, 0) is 58.2 Å². The van der Waals surface area contributed by atoms with Crippen LogP contribution in [0.15, 0.2) is 35.1 Å². The van der Waals surface area contributed by atoms with Gasteiger partial charge in [0.2, 0.25) is 5.88 Å². The number of pyridine rings is 1. The maximum Gasteiger partial charge on any atom is 0.308 e. The number of Topliss-reactive ketones (excluding diaryl/α,β-unsaturated/α-hetero) is 1. The average Bonchev–Trinajstić information content (AvgIpc) is 2.59. The van der Waals surface area contributed by atoms with Gasteiger partial charge < -0.3 is 20.0 Å². The third-order valence-corrected chi connectivity index (χ3v) is 3.68. The van der Waals surface area contributed by atoms with E-state index in [2.05, 4.69) is 9.98 Å². The van der Waals surface area contributed by atoms with E-state index in [-0.39, 0.29) is 18.2 Å². The topological polar surface area (TPSA) is 104 Å². The van der Waals surface area contributed by atoms with E-state index in [1.807, 2.05) is 26.8 Å². The first-order chi connectivity index (χ1) is 13.1. The van der Waals surface area contributed by atoms with Crippen molar-refractivity contribution in [1.82, 2.24) is 4.98 Å². The highest BCUT2D eigenvalue weighted by molar-refractivity contribution is 5.76. The van der Waals surface area contributed by atoms with Crippen molar-refractivity contribution in [2.24, 2.45) is 10.7 Å². The number of aliphatic imine (C=N–C) groups is 1. The van der Waals surface area contributed by atoms with Crippen LogP contribution in [0.2, 0.25) is 0 Å². The van der Waals surface area contributed by atoms with Crippen LogP contribution in [0, 0.1) is 0 Å². The molecule has 2 N–H and O–H groups in total. The van der Waals surface area contributed by atoms with Crippen LogP contribution in [-0.4, -0.2) is 35.7 Å². The number of esters is 1. The SMILES string of the molecule is COc1ccc(C(CC(=O)OC(C)(C)C)N=CC=C(N)CCCC(C)=O)cn1. The monoisotopic (exact) mass is 389 g/mol. The first kappa shape index (κ1) is 23.3. The Hall–Kier alpha value is -2.70. The average molecular weight is 389 g/mol. The zero-order valence-electron chi connectivity index (χ0n) is 17.4. The molecule has 0 amide bonds. The van der Waals surface area contributed by atoms with E-state index in [9.17, 15) is 9.59 Å². The van der Waals surface area contributed by atoms with Gasteiger partial charge in [-0.25, -0.2) is 4.98 Å². The summed E-state index contributed by atoms with van der Waals surface area (Å²) in [5.74, 6) is 0.285. The molecule has 1 aromatic rings.